The Labute approximate surface area is 202 Å². The second kappa shape index (κ2) is 8.32. The van der Waals surface area contributed by atoms with E-state index < -0.39 is 0 Å². The third-order valence-corrected chi connectivity index (χ3v) is 7.47. The minimum Gasteiger partial charge on any atom is -0.364 e. The number of hydrogen-bond acceptors (Lipinski definition) is 6. The van der Waals surface area contributed by atoms with Gasteiger partial charge in [-0.15, -0.1) is 21.5 Å². The van der Waals surface area contributed by atoms with Crippen LogP contribution in [0.2, 0.25) is 5.02 Å². The summed E-state index contributed by atoms with van der Waals surface area (Å²) in [7, 11) is 0. The minimum atomic E-state index is -0.175. The number of rotatable bonds is 4. The van der Waals surface area contributed by atoms with Gasteiger partial charge in [-0.05, 0) is 63.9 Å². The number of fused-ring (bicyclic) bond motifs is 3. The topological polar surface area (TPSA) is 58.3 Å². The summed E-state index contributed by atoms with van der Waals surface area (Å²) in [6, 6.07) is 16.1. The van der Waals surface area contributed by atoms with E-state index in [0.29, 0.717) is 11.0 Å². The van der Waals surface area contributed by atoms with Crippen LogP contribution in [-0.2, 0) is 0 Å². The van der Waals surface area contributed by atoms with Gasteiger partial charge in [0.25, 0.3) is 5.95 Å². The molecular weight excluding hydrogens is 452 g/mol. The monoisotopic (exact) mass is 476 g/mol. The second-order valence-electron chi connectivity index (χ2n) is 8.28. The van der Waals surface area contributed by atoms with Gasteiger partial charge in [0.1, 0.15) is 22.7 Å². The van der Waals surface area contributed by atoms with Crippen molar-refractivity contribution in [2.24, 2.45) is 5.10 Å². The molecule has 2 aromatic carbocycles. The highest BCUT2D eigenvalue weighted by Crippen LogP contribution is 2.39. The third-order valence-electron chi connectivity index (χ3n) is 6.02. The van der Waals surface area contributed by atoms with Crippen LogP contribution in [0.3, 0.4) is 0 Å². The van der Waals surface area contributed by atoms with Crippen molar-refractivity contribution in [2.75, 3.05) is 10.3 Å². The Balaban J connectivity index is 1.71. The quantitative estimate of drug-likeness (QED) is 0.378. The van der Waals surface area contributed by atoms with Crippen LogP contribution < -0.4 is 10.3 Å². The summed E-state index contributed by atoms with van der Waals surface area (Å²) < 4.78 is 2.11. The Bertz CT molecular complexity index is 1370. The molecule has 1 aliphatic heterocycles. The van der Waals surface area contributed by atoms with E-state index in [1.807, 2.05) is 48.3 Å². The van der Waals surface area contributed by atoms with Gasteiger partial charge in [0.05, 0.1) is 0 Å². The highest BCUT2D eigenvalue weighted by Gasteiger charge is 2.32. The van der Waals surface area contributed by atoms with Crippen molar-refractivity contribution in [1.82, 2.24) is 14.8 Å². The fraction of sp³-hybridized carbons (Fsp3) is 0.240. The second-order valence-corrected chi connectivity index (χ2v) is 9.92. The predicted molar refractivity (Wildman–Crippen MR) is 137 cm³/mol. The SMILES string of the molecule is Cc1ccccc1NC(C)N1N=C(c2ccc(Cl)cc2)c2c(sc(C)c2C)-n2c(C)nnc21. The number of anilines is 2. The van der Waals surface area contributed by atoms with Crippen LogP contribution >= 0.6 is 22.9 Å². The van der Waals surface area contributed by atoms with Gasteiger partial charge in [-0.2, -0.15) is 5.10 Å². The highest BCUT2D eigenvalue weighted by molar-refractivity contribution is 7.15. The fourth-order valence-electron chi connectivity index (χ4n) is 4.08. The van der Waals surface area contributed by atoms with Gasteiger partial charge in [0.2, 0.25) is 0 Å². The van der Waals surface area contributed by atoms with Crippen molar-refractivity contribution in [2.45, 2.75) is 40.8 Å². The molecule has 0 aliphatic carbocycles. The fourth-order valence-corrected chi connectivity index (χ4v) is 5.40. The summed E-state index contributed by atoms with van der Waals surface area (Å²) in [4.78, 5) is 1.25. The molecule has 1 unspecified atom stereocenters. The van der Waals surface area contributed by atoms with E-state index in [4.69, 9.17) is 16.7 Å². The molecule has 1 N–H and O–H groups in total. The van der Waals surface area contributed by atoms with Crippen LogP contribution in [0.15, 0.2) is 53.6 Å². The first-order valence-corrected chi connectivity index (χ1v) is 12.0. The number of hydrogen-bond donors (Lipinski definition) is 1. The summed E-state index contributed by atoms with van der Waals surface area (Å²) >= 11 is 7.94. The van der Waals surface area contributed by atoms with Gasteiger partial charge < -0.3 is 5.32 Å². The van der Waals surface area contributed by atoms with Crippen molar-refractivity contribution in [3.05, 3.63) is 86.5 Å². The Hall–Kier alpha value is -3.16. The lowest BCUT2D eigenvalue weighted by Gasteiger charge is -2.27. The average Bonchev–Trinajstić information content (AvgIpc) is 3.25. The average molecular weight is 477 g/mol. The summed E-state index contributed by atoms with van der Waals surface area (Å²) in [6.07, 6.45) is -0.175. The van der Waals surface area contributed by atoms with Gasteiger partial charge in [-0.1, -0.05) is 41.9 Å². The molecule has 0 spiro atoms. The number of hydrazone groups is 1. The zero-order valence-electron chi connectivity index (χ0n) is 19.2. The first-order chi connectivity index (χ1) is 15.8. The van der Waals surface area contributed by atoms with E-state index in [1.165, 1.54) is 16.0 Å². The van der Waals surface area contributed by atoms with Gasteiger partial charge in [-0.3, -0.25) is 4.57 Å². The molecule has 0 amide bonds. The van der Waals surface area contributed by atoms with Crippen molar-refractivity contribution in [3.63, 3.8) is 0 Å². The van der Waals surface area contributed by atoms with Crippen molar-refractivity contribution >= 4 is 40.3 Å². The number of para-hydroxylation sites is 1. The maximum absolute atomic E-state index is 6.20. The zero-order valence-corrected chi connectivity index (χ0v) is 20.8. The van der Waals surface area contributed by atoms with Crippen LogP contribution in [0.25, 0.3) is 5.00 Å². The Kier molecular flexibility index (Phi) is 5.46. The lowest BCUT2D eigenvalue weighted by atomic mass is 10.00. The zero-order chi connectivity index (χ0) is 23.3. The van der Waals surface area contributed by atoms with Crippen LogP contribution in [0.4, 0.5) is 11.6 Å². The maximum Gasteiger partial charge on any atom is 0.255 e. The van der Waals surface area contributed by atoms with Crippen molar-refractivity contribution in [1.29, 1.82) is 0 Å². The number of aryl methyl sites for hydroxylation is 3. The number of halogens is 1. The molecule has 1 atom stereocenters. The molecule has 0 fully saturated rings. The minimum absolute atomic E-state index is 0.175. The molecular formula is C25H25ClN6S. The van der Waals surface area contributed by atoms with Crippen LogP contribution in [0, 0.1) is 27.7 Å². The van der Waals surface area contributed by atoms with Crippen molar-refractivity contribution < 1.29 is 0 Å². The van der Waals surface area contributed by atoms with Gasteiger partial charge in [0.15, 0.2) is 0 Å². The first-order valence-electron chi connectivity index (χ1n) is 10.8. The number of nitrogens with one attached hydrogen (secondary N) is 1. The number of benzene rings is 2. The summed E-state index contributed by atoms with van der Waals surface area (Å²) in [5, 5.41) is 21.5. The van der Waals surface area contributed by atoms with E-state index in [-0.39, 0.29) is 6.17 Å². The van der Waals surface area contributed by atoms with Gasteiger partial charge in [0, 0.05) is 26.7 Å². The van der Waals surface area contributed by atoms with Gasteiger partial charge >= 0.3 is 0 Å². The molecule has 5 rings (SSSR count). The van der Waals surface area contributed by atoms with E-state index in [0.717, 1.165) is 33.4 Å². The van der Waals surface area contributed by atoms with Crippen LogP contribution in [0.1, 0.15) is 39.9 Å². The standard InChI is InChI=1S/C25H25ClN6S/c1-14-8-6-7-9-21(14)27-17(4)32-25-29-28-18(5)31(25)24-22(15(2)16(3)33-24)23(30-32)19-10-12-20(26)13-11-19/h6-13,17,27H,1-5H3. The van der Waals surface area contributed by atoms with E-state index in [1.54, 1.807) is 11.3 Å². The van der Waals surface area contributed by atoms with Crippen LogP contribution in [0.5, 0.6) is 0 Å². The summed E-state index contributed by atoms with van der Waals surface area (Å²) in [5.41, 5.74) is 6.45. The van der Waals surface area contributed by atoms with Crippen molar-refractivity contribution in [3.8, 4) is 5.00 Å². The summed E-state index contributed by atoms with van der Waals surface area (Å²) in [6.45, 7) is 10.5. The molecule has 33 heavy (non-hydrogen) atoms. The molecule has 0 radical (unpaired) electrons. The number of thiophene rings is 1. The van der Waals surface area contributed by atoms with E-state index >= 15 is 0 Å². The number of aromatic nitrogens is 3. The number of nitrogens with zero attached hydrogens (tertiary/aromatic N) is 5. The molecule has 6 nitrogen and oxygen atoms in total. The molecule has 0 saturated carbocycles. The smallest absolute Gasteiger partial charge is 0.255 e. The Morgan fingerprint density at radius 2 is 1.70 bits per heavy atom. The third kappa shape index (κ3) is 3.71. The molecule has 0 bridgehead atoms. The van der Waals surface area contributed by atoms with E-state index in [9.17, 15) is 0 Å². The molecule has 8 heteroatoms. The lowest BCUT2D eigenvalue weighted by Crippen LogP contribution is -2.37. The van der Waals surface area contributed by atoms with Gasteiger partial charge in [-0.25, -0.2) is 5.01 Å². The Morgan fingerprint density at radius 1 is 0.970 bits per heavy atom. The largest absolute Gasteiger partial charge is 0.364 e. The molecule has 1 aliphatic rings. The molecule has 2 aromatic heterocycles. The Morgan fingerprint density at radius 3 is 2.42 bits per heavy atom. The maximum atomic E-state index is 6.20. The molecule has 4 aromatic rings. The summed E-state index contributed by atoms with van der Waals surface area (Å²) in [5.74, 6) is 1.51. The highest BCUT2D eigenvalue weighted by atomic mass is 35.5. The first kappa shape index (κ1) is 21.7. The molecule has 3 heterocycles. The predicted octanol–water partition coefficient (Wildman–Crippen LogP) is 6.25. The molecule has 168 valence electrons. The van der Waals surface area contributed by atoms with Crippen LogP contribution in [-0.4, -0.2) is 26.6 Å². The lowest BCUT2D eigenvalue weighted by molar-refractivity contribution is 0.696. The molecule has 0 saturated heterocycles. The van der Waals surface area contributed by atoms with E-state index in [2.05, 4.69) is 59.9 Å². The normalized spacial score (nSPS) is 13.8.